The zero-order valence-corrected chi connectivity index (χ0v) is 15.1. The van der Waals surface area contributed by atoms with Crippen LogP contribution in [0.3, 0.4) is 0 Å². The molecule has 0 aromatic heterocycles. The van der Waals surface area contributed by atoms with Crippen LogP contribution in [0.15, 0.2) is 24.3 Å². The summed E-state index contributed by atoms with van der Waals surface area (Å²) < 4.78 is 10.7. The Morgan fingerprint density at radius 2 is 1.75 bits per heavy atom. The zero-order valence-electron chi connectivity index (χ0n) is 15.1. The van der Waals surface area contributed by atoms with Crippen LogP contribution >= 0.6 is 0 Å². The van der Waals surface area contributed by atoms with Crippen molar-refractivity contribution in [3.63, 3.8) is 0 Å². The highest BCUT2D eigenvalue weighted by molar-refractivity contribution is 5.84. The Morgan fingerprint density at radius 1 is 1.12 bits per heavy atom. The first-order valence-corrected chi connectivity index (χ1v) is 8.17. The fourth-order valence-corrected chi connectivity index (χ4v) is 1.90. The van der Waals surface area contributed by atoms with Crippen LogP contribution in [0, 0.1) is 0 Å². The summed E-state index contributed by atoms with van der Waals surface area (Å²) in [5.74, 6) is -0.119. The normalized spacial score (nSPS) is 12.4. The smallest absolute Gasteiger partial charge is 0.279 e. The Hall–Kier alpha value is -2.08. The Bertz CT molecular complexity index is 535. The summed E-state index contributed by atoms with van der Waals surface area (Å²) in [4.78, 5) is 23.4. The van der Waals surface area contributed by atoms with Gasteiger partial charge < -0.3 is 9.47 Å². The summed E-state index contributed by atoms with van der Waals surface area (Å²) >= 11 is 0. The lowest BCUT2D eigenvalue weighted by Crippen LogP contribution is -2.47. The number of carbonyl (C=O) groups excluding carboxylic acids is 2. The summed E-state index contributed by atoms with van der Waals surface area (Å²) in [6, 6.07) is 7.64. The Labute approximate surface area is 143 Å². The van der Waals surface area contributed by atoms with Crippen LogP contribution in [-0.2, 0) is 19.7 Å². The van der Waals surface area contributed by atoms with Crippen molar-refractivity contribution in [1.29, 1.82) is 0 Å². The standard InChI is InChI=1S/C18H28N2O4/c1-6-23-12-11-16(21)19-20-17(22)13(2)24-15-9-7-14(8-10-15)18(3,4)5/h7-10,13H,6,11-12H2,1-5H3,(H,19,21)(H,20,22). The van der Waals surface area contributed by atoms with Gasteiger partial charge in [-0.05, 0) is 37.0 Å². The van der Waals surface area contributed by atoms with Crippen LogP contribution in [0.25, 0.3) is 0 Å². The third kappa shape index (κ3) is 7.00. The van der Waals surface area contributed by atoms with Gasteiger partial charge in [-0.1, -0.05) is 32.9 Å². The minimum Gasteiger partial charge on any atom is -0.481 e. The fraction of sp³-hybridized carbons (Fsp3) is 0.556. The molecule has 0 radical (unpaired) electrons. The van der Waals surface area contributed by atoms with Crippen molar-refractivity contribution in [3.8, 4) is 5.75 Å². The number of hydrogen-bond donors (Lipinski definition) is 2. The van der Waals surface area contributed by atoms with E-state index in [0.717, 1.165) is 0 Å². The van der Waals surface area contributed by atoms with E-state index in [0.29, 0.717) is 19.0 Å². The summed E-state index contributed by atoms with van der Waals surface area (Å²) in [6.07, 6.45) is -0.532. The maximum Gasteiger partial charge on any atom is 0.279 e. The molecule has 0 aliphatic carbocycles. The number of hydrogen-bond acceptors (Lipinski definition) is 4. The molecule has 0 spiro atoms. The van der Waals surface area contributed by atoms with E-state index < -0.39 is 12.0 Å². The highest BCUT2D eigenvalue weighted by atomic mass is 16.5. The largest absolute Gasteiger partial charge is 0.481 e. The monoisotopic (exact) mass is 336 g/mol. The predicted octanol–water partition coefficient (Wildman–Crippen LogP) is 2.33. The predicted molar refractivity (Wildman–Crippen MR) is 92.6 cm³/mol. The van der Waals surface area contributed by atoms with E-state index in [-0.39, 0.29) is 17.7 Å². The van der Waals surface area contributed by atoms with Crippen molar-refractivity contribution in [1.82, 2.24) is 10.9 Å². The summed E-state index contributed by atoms with van der Waals surface area (Å²) in [6.45, 7) is 10.8. The van der Waals surface area contributed by atoms with Crippen molar-refractivity contribution in [2.45, 2.75) is 52.6 Å². The van der Waals surface area contributed by atoms with Crippen molar-refractivity contribution < 1.29 is 19.1 Å². The van der Waals surface area contributed by atoms with Gasteiger partial charge in [0.1, 0.15) is 5.75 Å². The number of nitrogens with one attached hydrogen (secondary N) is 2. The lowest BCUT2D eigenvalue weighted by atomic mass is 9.87. The van der Waals surface area contributed by atoms with Gasteiger partial charge in [0.2, 0.25) is 5.91 Å². The van der Waals surface area contributed by atoms with Crippen molar-refractivity contribution in [2.24, 2.45) is 0 Å². The highest BCUT2D eigenvalue weighted by Crippen LogP contribution is 2.24. The van der Waals surface area contributed by atoms with Gasteiger partial charge in [-0.25, -0.2) is 0 Å². The number of rotatable bonds is 7. The third-order valence-corrected chi connectivity index (χ3v) is 3.41. The first-order valence-electron chi connectivity index (χ1n) is 8.17. The van der Waals surface area contributed by atoms with E-state index in [1.54, 1.807) is 6.92 Å². The van der Waals surface area contributed by atoms with Crippen LogP contribution in [0.4, 0.5) is 0 Å². The SMILES string of the molecule is CCOCCC(=O)NNC(=O)C(C)Oc1ccc(C(C)(C)C)cc1. The van der Waals surface area contributed by atoms with Crippen molar-refractivity contribution in [3.05, 3.63) is 29.8 Å². The van der Waals surface area contributed by atoms with E-state index in [4.69, 9.17) is 9.47 Å². The quantitative estimate of drug-likeness (QED) is 0.592. The molecule has 6 nitrogen and oxygen atoms in total. The maximum absolute atomic E-state index is 11.9. The van der Waals surface area contributed by atoms with Crippen molar-refractivity contribution >= 4 is 11.8 Å². The Balaban J connectivity index is 2.42. The molecule has 0 aliphatic heterocycles. The number of carbonyl (C=O) groups is 2. The first kappa shape index (κ1) is 20.0. The molecule has 24 heavy (non-hydrogen) atoms. The molecule has 0 saturated heterocycles. The minimum atomic E-state index is -0.724. The molecule has 0 bridgehead atoms. The second kappa shape index (κ2) is 9.27. The highest BCUT2D eigenvalue weighted by Gasteiger charge is 2.17. The van der Waals surface area contributed by atoms with Gasteiger partial charge in [0.15, 0.2) is 6.10 Å². The van der Waals surface area contributed by atoms with Gasteiger partial charge in [-0.15, -0.1) is 0 Å². The second-order valence-electron chi connectivity index (χ2n) is 6.52. The van der Waals surface area contributed by atoms with Crippen LogP contribution < -0.4 is 15.6 Å². The molecule has 0 saturated carbocycles. The van der Waals surface area contributed by atoms with Gasteiger partial charge in [0, 0.05) is 6.61 Å². The topological polar surface area (TPSA) is 76.7 Å². The van der Waals surface area contributed by atoms with Crippen LogP contribution in [0.5, 0.6) is 5.75 Å². The van der Waals surface area contributed by atoms with Crippen LogP contribution in [0.2, 0.25) is 0 Å². The summed E-state index contributed by atoms with van der Waals surface area (Å²) in [5.41, 5.74) is 5.94. The number of benzene rings is 1. The Morgan fingerprint density at radius 3 is 2.29 bits per heavy atom. The molecule has 0 fully saturated rings. The molecule has 134 valence electrons. The van der Waals surface area contributed by atoms with E-state index in [1.807, 2.05) is 31.2 Å². The van der Waals surface area contributed by atoms with Gasteiger partial charge in [0.25, 0.3) is 5.91 Å². The Kier molecular flexibility index (Phi) is 7.71. The maximum atomic E-state index is 11.9. The molecule has 1 atom stereocenters. The second-order valence-corrected chi connectivity index (χ2v) is 6.52. The molecular formula is C18H28N2O4. The minimum absolute atomic E-state index is 0.0628. The van der Waals surface area contributed by atoms with Gasteiger partial charge in [-0.3, -0.25) is 20.4 Å². The summed E-state index contributed by atoms with van der Waals surface area (Å²) in [5, 5.41) is 0. The zero-order chi connectivity index (χ0) is 18.2. The van der Waals surface area contributed by atoms with E-state index in [2.05, 4.69) is 31.6 Å². The van der Waals surface area contributed by atoms with Crippen LogP contribution in [-0.4, -0.2) is 31.1 Å². The number of ether oxygens (including phenoxy) is 2. The summed E-state index contributed by atoms with van der Waals surface area (Å²) in [7, 11) is 0. The molecule has 0 aliphatic rings. The lowest BCUT2D eigenvalue weighted by Gasteiger charge is -2.20. The van der Waals surface area contributed by atoms with E-state index in [1.165, 1.54) is 5.56 Å². The molecule has 6 heteroatoms. The van der Waals surface area contributed by atoms with Crippen molar-refractivity contribution in [2.75, 3.05) is 13.2 Å². The molecule has 2 amide bonds. The molecule has 1 unspecified atom stereocenters. The molecule has 0 heterocycles. The van der Waals surface area contributed by atoms with Gasteiger partial charge >= 0.3 is 0 Å². The average Bonchev–Trinajstić information content (AvgIpc) is 2.52. The lowest BCUT2D eigenvalue weighted by molar-refractivity contribution is -0.133. The average molecular weight is 336 g/mol. The van der Waals surface area contributed by atoms with Crippen LogP contribution in [0.1, 0.15) is 46.6 Å². The molecular weight excluding hydrogens is 308 g/mol. The van der Waals surface area contributed by atoms with Gasteiger partial charge in [-0.2, -0.15) is 0 Å². The molecule has 1 rings (SSSR count). The third-order valence-electron chi connectivity index (χ3n) is 3.41. The van der Waals surface area contributed by atoms with E-state index >= 15 is 0 Å². The molecule has 1 aromatic carbocycles. The van der Waals surface area contributed by atoms with Gasteiger partial charge in [0.05, 0.1) is 13.0 Å². The van der Waals surface area contributed by atoms with E-state index in [9.17, 15) is 9.59 Å². The first-order chi connectivity index (χ1) is 11.2. The number of amides is 2. The fourth-order valence-electron chi connectivity index (χ4n) is 1.90. The number of hydrazine groups is 1. The molecule has 2 N–H and O–H groups in total. The molecule has 1 aromatic rings.